The summed E-state index contributed by atoms with van der Waals surface area (Å²) in [6, 6.07) is 0.664. The molecule has 6 heteroatoms. The van der Waals surface area contributed by atoms with Crippen LogP contribution >= 0.6 is 0 Å². The molecule has 0 aromatic carbocycles. The van der Waals surface area contributed by atoms with Crippen LogP contribution in [0.2, 0.25) is 0 Å². The lowest BCUT2D eigenvalue weighted by molar-refractivity contribution is -0.119. The highest BCUT2D eigenvalue weighted by Crippen LogP contribution is 2.48. The summed E-state index contributed by atoms with van der Waals surface area (Å²) >= 11 is 0. The SMILES string of the molecule is CCOC(=O)N1CC2(CCC(N3CCC4(CC3)CNC(=O)C4)C2)C1. The summed E-state index contributed by atoms with van der Waals surface area (Å²) in [5, 5.41) is 3.01. The largest absolute Gasteiger partial charge is 0.450 e. The van der Waals surface area contributed by atoms with Crippen LogP contribution in [0, 0.1) is 10.8 Å². The third-order valence-electron chi connectivity index (χ3n) is 6.83. The van der Waals surface area contributed by atoms with Gasteiger partial charge in [-0.15, -0.1) is 0 Å². The summed E-state index contributed by atoms with van der Waals surface area (Å²) < 4.78 is 5.10. The van der Waals surface area contributed by atoms with E-state index in [1.54, 1.807) is 0 Å². The normalized spacial score (nSPS) is 31.3. The van der Waals surface area contributed by atoms with Crippen LogP contribution in [0.1, 0.15) is 45.4 Å². The maximum atomic E-state index is 11.8. The molecule has 0 bridgehead atoms. The second kappa shape index (κ2) is 5.90. The quantitative estimate of drug-likeness (QED) is 0.833. The van der Waals surface area contributed by atoms with Crippen molar-refractivity contribution in [1.29, 1.82) is 0 Å². The Bertz CT molecular complexity index is 522. The zero-order valence-corrected chi connectivity index (χ0v) is 14.7. The van der Waals surface area contributed by atoms with Gasteiger partial charge in [-0.25, -0.2) is 4.79 Å². The van der Waals surface area contributed by atoms with Gasteiger partial charge < -0.3 is 19.9 Å². The minimum atomic E-state index is -0.148. The predicted octanol–water partition coefficient (Wildman–Crippen LogP) is 1.60. The predicted molar refractivity (Wildman–Crippen MR) is 89.5 cm³/mol. The van der Waals surface area contributed by atoms with Crippen molar-refractivity contribution in [3.63, 3.8) is 0 Å². The minimum absolute atomic E-state index is 0.148. The summed E-state index contributed by atoms with van der Waals surface area (Å²) in [6.45, 7) is 7.18. The molecule has 1 atom stereocenters. The Labute approximate surface area is 143 Å². The molecule has 134 valence electrons. The third-order valence-corrected chi connectivity index (χ3v) is 6.83. The molecular formula is C18H29N3O3. The average Bonchev–Trinajstić information content (AvgIpc) is 3.12. The number of amides is 2. The number of carbonyl (C=O) groups is 2. The average molecular weight is 335 g/mol. The van der Waals surface area contributed by atoms with Crippen molar-refractivity contribution in [2.45, 2.75) is 51.5 Å². The Morgan fingerprint density at radius 2 is 2.00 bits per heavy atom. The summed E-state index contributed by atoms with van der Waals surface area (Å²) in [4.78, 5) is 27.8. The number of hydrogen-bond acceptors (Lipinski definition) is 4. The van der Waals surface area contributed by atoms with E-state index in [-0.39, 0.29) is 17.4 Å². The molecule has 24 heavy (non-hydrogen) atoms. The van der Waals surface area contributed by atoms with Gasteiger partial charge in [0.15, 0.2) is 0 Å². The topological polar surface area (TPSA) is 61.9 Å². The van der Waals surface area contributed by atoms with Gasteiger partial charge in [0.05, 0.1) is 6.61 Å². The molecule has 4 aliphatic rings. The molecule has 0 aromatic heterocycles. The van der Waals surface area contributed by atoms with Crippen LogP contribution in [0.5, 0.6) is 0 Å². The lowest BCUT2D eigenvalue weighted by atomic mass is 9.76. The fourth-order valence-corrected chi connectivity index (χ4v) is 5.35. The monoisotopic (exact) mass is 335 g/mol. The van der Waals surface area contributed by atoms with Crippen molar-refractivity contribution in [3.05, 3.63) is 0 Å². The first kappa shape index (κ1) is 16.2. The number of carbonyl (C=O) groups excluding carboxylic acids is 2. The van der Waals surface area contributed by atoms with E-state index in [1.165, 1.54) is 19.3 Å². The van der Waals surface area contributed by atoms with Crippen molar-refractivity contribution < 1.29 is 14.3 Å². The minimum Gasteiger partial charge on any atom is -0.450 e. The van der Waals surface area contributed by atoms with Crippen LogP contribution in [0.3, 0.4) is 0 Å². The maximum Gasteiger partial charge on any atom is 0.409 e. The third kappa shape index (κ3) is 2.79. The maximum absolute atomic E-state index is 11.8. The second-order valence-corrected chi connectivity index (χ2v) is 8.44. The highest BCUT2D eigenvalue weighted by Gasteiger charge is 2.52. The highest BCUT2D eigenvalue weighted by atomic mass is 16.6. The van der Waals surface area contributed by atoms with Crippen LogP contribution < -0.4 is 5.32 Å². The molecule has 1 aliphatic carbocycles. The van der Waals surface area contributed by atoms with Gasteiger partial charge in [0.2, 0.25) is 5.91 Å². The fourth-order valence-electron chi connectivity index (χ4n) is 5.35. The lowest BCUT2D eigenvalue weighted by Gasteiger charge is -2.48. The molecule has 3 saturated heterocycles. The first-order valence-electron chi connectivity index (χ1n) is 9.46. The summed E-state index contributed by atoms with van der Waals surface area (Å²) in [5.41, 5.74) is 0.582. The molecule has 1 unspecified atom stereocenters. The number of likely N-dealkylation sites (tertiary alicyclic amines) is 2. The van der Waals surface area contributed by atoms with Crippen LogP contribution in [0.15, 0.2) is 0 Å². The summed E-state index contributed by atoms with van der Waals surface area (Å²) in [5.74, 6) is 0.233. The molecular weight excluding hydrogens is 306 g/mol. The van der Waals surface area contributed by atoms with Gasteiger partial charge in [-0.05, 0) is 57.5 Å². The Hall–Kier alpha value is -1.30. The van der Waals surface area contributed by atoms with Crippen LogP contribution in [-0.4, -0.2) is 67.2 Å². The number of nitrogens with zero attached hydrogens (tertiary/aromatic N) is 2. The first-order chi connectivity index (χ1) is 11.5. The fraction of sp³-hybridized carbons (Fsp3) is 0.889. The molecule has 1 saturated carbocycles. The second-order valence-electron chi connectivity index (χ2n) is 8.44. The molecule has 3 heterocycles. The van der Waals surface area contributed by atoms with E-state index in [0.717, 1.165) is 52.0 Å². The van der Waals surface area contributed by atoms with Crippen molar-refractivity contribution in [2.24, 2.45) is 10.8 Å². The molecule has 0 aromatic rings. The standard InChI is InChI=1S/C18H29N3O3/c1-2-24-16(23)21-12-18(13-21)4-3-14(9-18)20-7-5-17(6-8-20)10-15(22)19-11-17/h14H,2-13H2,1H3,(H,19,22). The number of nitrogens with one attached hydrogen (secondary N) is 1. The van der Waals surface area contributed by atoms with E-state index >= 15 is 0 Å². The van der Waals surface area contributed by atoms with Gasteiger partial charge in [-0.1, -0.05) is 0 Å². The Kier molecular flexibility index (Phi) is 3.98. The van der Waals surface area contributed by atoms with Crippen LogP contribution in [-0.2, 0) is 9.53 Å². The molecule has 4 fully saturated rings. The van der Waals surface area contributed by atoms with E-state index in [1.807, 2.05) is 11.8 Å². The molecule has 2 amide bonds. The van der Waals surface area contributed by atoms with E-state index in [2.05, 4.69) is 10.2 Å². The lowest BCUT2D eigenvalue weighted by Crippen LogP contribution is -2.58. The van der Waals surface area contributed by atoms with Crippen molar-refractivity contribution >= 4 is 12.0 Å². The van der Waals surface area contributed by atoms with E-state index in [0.29, 0.717) is 18.1 Å². The van der Waals surface area contributed by atoms with Gasteiger partial charge >= 0.3 is 6.09 Å². The molecule has 2 spiro atoms. The molecule has 4 rings (SSSR count). The van der Waals surface area contributed by atoms with E-state index < -0.39 is 0 Å². The summed E-state index contributed by atoms with van der Waals surface area (Å²) in [7, 11) is 0. The number of hydrogen-bond donors (Lipinski definition) is 1. The number of ether oxygens (including phenoxy) is 1. The summed E-state index contributed by atoms with van der Waals surface area (Å²) in [6.07, 6.45) is 6.56. The van der Waals surface area contributed by atoms with Gasteiger partial charge in [0, 0.05) is 37.5 Å². The van der Waals surface area contributed by atoms with Gasteiger partial charge in [0.1, 0.15) is 0 Å². The van der Waals surface area contributed by atoms with Crippen molar-refractivity contribution in [3.8, 4) is 0 Å². The highest BCUT2D eigenvalue weighted by molar-refractivity contribution is 5.79. The molecule has 1 N–H and O–H groups in total. The van der Waals surface area contributed by atoms with Gasteiger partial charge in [-0.2, -0.15) is 0 Å². The molecule has 3 aliphatic heterocycles. The van der Waals surface area contributed by atoms with Crippen LogP contribution in [0.4, 0.5) is 4.79 Å². The number of piperidine rings is 1. The Balaban J connectivity index is 1.27. The molecule has 0 radical (unpaired) electrons. The molecule has 6 nitrogen and oxygen atoms in total. The Morgan fingerprint density at radius 3 is 2.62 bits per heavy atom. The smallest absolute Gasteiger partial charge is 0.409 e. The van der Waals surface area contributed by atoms with Crippen LogP contribution in [0.25, 0.3) is 0 Å². The first-order valence-corrected chi connectivity index (χ1v) is 9.46. The van der Waals surface area contributed by atoms with Gasteiger partial charge in [0.25, 0.3) is 0 Å². The zero-order chi connectivity index (χ0) is 16.8. The van der Waals surface area contributed by atoms with Crippen molar-refractivity contribution in [1.82, 2.24) is 15.1 Å². The Morgan fingerprint density at radius 1 is 1.25 bits per heavy atom. The zero-order valence-electron chi connectivity index (χ0n) is 14.7. The van der Waals surface area contributed by atoms with E-state index in [4.69, 9.17) is 4.74 Å². The van der Waals surface area contributed by atoms with E-state index in [9.17, 15) is 9.59 Å². The van der Waals surface area contributed by atoms with Crippen molar-refractivity contribution in [2.75, 3.05) is 39.3 Å². The van der Waals surface area contributed by atoms with Gasteiger partial charge in [-0.3, -0.25) is 4.79 Å². The number of rotatable bonds is 2.